The molecule has 25 heavy (non-hydrogen) atoms. The zero-order valence-electron chi connectivity index (χ0n) is 14.9. The fourth-order valence-electron chi connectivity index (χ4n) is 4.14. The summed E-state index contributed by atoms with van der Waals surface area (Å²) in [6, 6.07) is 8.28. The Kier molecular flexibility index (Phi) is 4.84. The van der Waals surface area contributed by atoms with E-state index in [1.165, 1.54) is 19.3 Å². The molecule has 0 atom stereocenters. The summed E-state index contributed by atoms with van der Waals surface area (Å²) in [6.07, 6.45) is 7.03. The summed E-state index contributed by atoms with van der Waals surface area (Å²) in [4.78, 5) is 17.5. The zero-order valence-corrected chi connectivity index (χ0v) is 14.9. The Morgan fingerprint density at radius 3 is 2.44 bits per heavy atom. The average Bonchev–Trinajstić information content (AvgIpc) is 2.76. The highest BCUT2D eigenvalue weighted by Crippen LogP contribution is 2.33. The molecule has 136 valence electrons. The molecule has 0 unspecified atom stereocenters. The molecule has 4 rings (SSSR count). The van der Waals surface area contributed by atoms with E-state index in [1.54, 1.807) is 0 Å². The van der Waals surface area contributed by atoms with Gasteiger partial charge in [-0.15, -0.1) is 0 Å². The van der Waals surface area contributed by atoms with E-state index in [1.807, 2.05) is 24.3 Å². The summed E-state index contributed by atoms with van der Waals surface area (Å²) in [5.74, 6) is 1.33. The van der Waals surface area contributed by atoms with Crippen molar-refractivity contribution in [2.24, 2.45) is 5.92 Å². The summed E-state index contributed by atoms with van der Waals surface area (Å²) in [6.45, 7) is 4.02. The van der Waals surface area contributed by atoms with Gasteiger partial charge in [0, 0.05) is 43.8 Å². The molecule has 1 amide bonds. The van der Waals surface area contributed by atoms with E-state index < -0.39 is 0 Å². The molecule has 1 saturated heterocycles. The molecule has 5 heteroatoms. The van der Waals surface area contributed by atoms with Crippen molar-refractivity contribution in [1.82, 2.24) is 9.80 Å². The van der Waals surface area contributed by atoms with Gasteiger partial charge in [0.1, 0.15) is 11.9 Å². The van der Waals surface area contributed by atoms with Crippen molar-refractivity contribution in [1.29, 1.82) is 0 Å². The van der Waals surface area contributed by atoms with Crippen molar-refractivity contribution in [2.45, 2.75) is 50.7 Å². The number of rotatable bonds is 4. The van der Waals surface area contributed by atoms with Gasteiger partial charge in [-0.3, -0.25) is 9.69 Å². The van der Waals surface area contributed by atoms with Gasteiger partial charge in [-0.05, 0) is 56.4 Å². The maximum Gasteiger partial charge on any atom is 0.226 e. The molecule has 0 spiro atoms. The molecule has 1 aliphatic heterocycles. The van der Waals surface area contributed by atoms with E-state index in [9.17, 15) is 4.79 Å². The van der Waals surface area contributed by atoms with Crippen LogP contribution < -0.4 is 10.5 Å². The van der Waals surface area contributed by atoms with E-state index in [0.29, 0.717) is 5.91 Å². The highest BCUT2D eigenvalue weighted by molar-refractivity contribution is 5.80. The molecule has 0 aromatic heterocycles. The fraction of sp³-hybridized carbons (Fsp3) is 0.650. The number of carbonyl (C=O) groups excluding carboxylic acids is 1. The lowest BCUT2D eigenvalue weighted by Gasteiger charge is -2.38. The van der Waals surface area contributed by atoms with Gasteiger partial charge >= 0.3 is 0 Å². The van der Waals surface area contributed by atoms with E-state index in [0.717, 1.165) is 62.9 Å². The maximum absolute atomic E-state index is 12.8. The van der Waals surface area contributed by atoms with Crippen molar-refractivity contribution < 1.29 is 9.53 Å². The van der Waals surface area contributed by atoms with Gasteiger partial charge in [0.15, 0.2) is 0 Å². The van der Waals surface area contributed by atoms with Crippen LogP contribution in [0.25, 0.3) is 0 Å². The number of hydrogen-bond acceptors (Lipinski definition) is 4. The Hall–Kier alpha value is -1.75. The highest BCUT2D eigenvalue weighted by atomic mass is 16.5. The van der Waals surface area contributed by atoms with Crippen LogP contribution in [0.1, 0.15) is 38.5 Å². The minimum absolute atomic E-state index is 0.147. The second-order valence-electron chi connectivity index (χ2n) is 7.78. The van der Waals surface area contributed by atoms with E-state index >= 15 is 0 Å². The molecule has 0 radical (unpaired) electrons. The molecule has 2 N–H and O–H groups in total. The second kappa shape index (κ2) is 7.24. The average molecular weight is 343 g/mol. The predicted octanol–water partition coefficient (Wildman–Crippen LogP) is 2.51. The molecular weight excluding hydrogens is 314 g/mol. The van der Waals surface area contributed by atoms with E-state index in [-0.39, 0.29) is 12.0 Å². The van der Waals surface area contributed by atoms with Gasteiger partial charge in [-0.2, -0.15) is 0 Å². The van der Waals surface area contributed by atoms with Crippen molar-refractivity contribution in [2.75, 3.05) is 31.9 Å². The molecule has 5 nitrogen and oxygen atoms in total. The molecule has 2 saturated carbocycles. The second-order valence-corrected chi connectivity index (χ2v) is 7.78. The van der Waals surface area contributed by atoms with Gasteiger partial charge in [0.05, 0.1) is 0 Å². The third-order valence-corrected chi connectivity index (χ3v) is 6.06. The Bertz CT molecular complexity index is 593. The lowest BCUT2D eigenvalue weighted by Crippen LogP contribution is -2.47. The lowest BCUT2D eigenvalue weighted by atomic mass is 9.81. The fourth-order valence-corrected chi connectivity index (χ4v) is 4.14. The van der Waals surface area contributed by atoms with Crippen LogP contribution in [0.15, 0.2) is 24.3 Å². The number of benzene rings is 1. The van der Waals surface area contributed by atoms with Gasteiger partial charge < -0.3 is 15.4 Å². The van der Waals surface area contributed by atoms with Crippen LogP contribution >= 0.6 is 0 Å². The number of amides is 1. The predicted molar refractivity (Wildman–Crippen MR) is 98.4 cm³/mol. The van der Waals surface area contributed by atoms with Crippen molar-refractivity contribution >= 4 is 11.6 Å². The normalized spacial score (nSPS) is 27.9. The number of ether oxygens (including phenoxy) is 1. The molecular formula is C20H29N3O2. The third kappa shape index (κ3) is 3.76. The molecule has 2 aliphatic carbocycles. The topological polar surface area (TPSA) is 58.8 Å². The number of nitrogens with zero attached hydrogens (tertiary/aromatic N) is 2. The van der Waals surface area contributed by atoms with Crippen molar-refractivity contribution in [3.8, 4) is 5.75 Å². The van der Waals surface area contributed by atoms with Gasteiger partial charge in [-0.25, -0.2) is 0 Å². The third-order valence-electron chi connectivity index (χ3n) is 6.06. The number of nitrogens with two attached hydrogens (primary N) is 1. The van der Waals surface area contributed by atoms with Crippen LogP contribution in [0.2, 0.25) is 0 Å². The Balaban J connectivity index is 1.23. The maximum atomic E-state index is 12.8. The van der Waals surface area contributed by atoms with E-state index in [2.05, 4.69) is 9.80 Å². The minimum atomic E-state index is 0.147. The van der Waals surface area contributed by atoms with Gasteiger partial charge in [0.25, 0.3) is 0 Å². The summed E-state index contributed by atoms with van der Waals surface area (Å²) >= 11 is 0. The van der Waals surface area contributed by atoms with Crippen molar-refractivity contribution in [3.63, 3.8) is 0 Å². The quantitative estimate of drug-likeness (QED) is 0.854. The molecule has 1 aromatic rings. The minimum Gasteiger partial charge on any atom is -0.490 e. The van der Waals surface area contributed by atoms with Crippen LogP contribution in [0, 0.1) is 5.92 Å². The molecule has 0 bridgehead atoms. The van der Waals surface area contributed by atoms with Crippen LogP contribution in [-0.2, 0) is 4.79 Å². The van der Waals surface area contributed by atoms with Crippen LogP contribution in [-0.4, -0.2) is 54.0 Å². The van der Waals surface area contributed by atoms with Gasteiger partial charge in [-0.1, -0.05) is 6.42 Å². The molecule has 3 fully saturated rings. The van der Waals surface area contributed by atoms with Crippen LogP contribution in [0.4, 0.5) is 5.69 Å². The monoisotopic (exact) mass is 343 g/mol. The van der Waals surface area contributed by atoms with Crippen LogP contribution in [0.3, 0.4) is 0 Å². The first-order chi connectivity index (χ1) is 12.2. The van der Waals surface area contributed by atoms with Crippen molar-refractivity contribution in [3.05, 3.63) is 24.3 Å². The summed E-state index contributed by atoms with van der Waals surface area (Å²) in [5, 5.41) is 0. The molecule has 1 heterocycles. The molecule has 3 aliphatic rings. The Morgan fingerprint density at radius 1 is 1.00 bits per heavy atom. The first-order valence-electron chi connectivity index (χ1n) is 9.74. The number of nitrogen functional groups attached to an aromatic ring is 1. The van der Waals surface area contributed by atoms with E-state index in [4.69, 9.17) is 10.5 Å². The number of hydrogen-bond donors (Lipinski definition) is 1. The Morgan fingerprint density at radius 2 is 1.76 bits per heavy atom. The smallest absolute Gasteiger partial charge is 0.226 e. The first kappa shape index (κ1) is 16.7. The standard InChI is InChI=1S/C20H29N3O2/c21-16-5-7-18(8-6-16)25-19-13-15(14-19)20(24)23-10-2-9-22(11-12-23)17-3-1-4-17/h5-8,15,17,19H,1-4,9-14,21H2/t15-,19-. The number of anilines is 1. The largest absolute Gasteiger partial charge is 0.490 e. The number of carbonyl (C=O) groups is 1. The first-order valence-corrected chi connectivity index (χ1v) is 9.74. The molecule has 1 aromatic carbocycles. The summed E-state index contributed by atoms with van der Waals surface area (Å²) in [7, 11) is 0. The van der Waals surface area contributed by atoms with Gasteiger partial charge in [0.2, 0.25) is 5.91 Å². The zero-order chi connectivity index (χ0) is 17.2. The summed E-state index contributed by atoms with van der Waals surface area (Å²) in [5.41, 5.74) is 6.43. The lowest BCUT2D eigenvalue weighted by molar-refractivity contribution is -0.141. The highest BCUT2D eigenvalue weighted by Gasteiger charge is 2.39. The SMILES string of the molecule is Nc1ccc(O[C@H]2C[C@H](C(=O)N3CCCN(C4CCC4)CC3)C2)cc1. The van der Waals surface area contributed by atoms with Crippen LogP contribution in [0.5, 0.6) is 5.75 Å². The Labute approximate surface area is 150 Å². The summed E-state index contributed by atoms with van der Waals surface area (Å²) < 4.78 is 5.93.